The van der Waals surface area contributed by atoms with Gasteiger partial charge in [-0.25, -0.2) is 0 Å². The number of amides is 1. The normalized spacial score (nSPS) is 14.3. The van der Waals surface area contributed by atoms with Crippen molar-refractivity contribution in [3.05, 3.63) is 0 Å². The van der Waals surface area contributed by atoms with E-state index in [9.17, 15) is 25.2 Å². The molecular weight excluding hydrogens is 586 g/mol. The molecule has 6 heteroatoms. The van der Waals surface area contributed by atoms with Crippen LogP contribution < -0.4 is 5.32 Å². The van der Waals surface area contributed by atoms with Crippen LogP contribution in [0, 0.1) is 0 Å². The first kappa shape index (κ1) is 46.3. The number of aliphatic hydroxyl groups excluding tert-OH is 4. The summed E-state index contributed by atoms with van der Waals surface area (Å²) >= 11 is 0. The van der Waals surface area contributed by atoms with Crippen LogP contribution in [0.4, 0.5) is 0 Å². The molecule has 0 aliphatic rings. The summed E-state index contributed by atoms with van der Waals surface area (Å²) in [6, 6.07) is -0.975. The highest BCUT2D eigenvalue weighted by molar-refractivity contribution is 5.80. The Hall–Kier alpha value is -0.690. The van der Waals surface area contributed by atoms with Crippen molar-refractivity contribution in [3.63, 3.8) is 0 Å². The molecule has 47 heavy (non-hydrogen) atoms. The third kappa shape index (κ3) is 31.1. The van der Waals surface area contributed by atoms with E-state index in [0.29, 0.717) is 12.8 Å². The van der Waals surface area contributed by atoms with Crippen LogP contribution in [0.15, 0.2) is 0 Å². The van der Waals surface area contributed by atoms with E-state index in [-0.39, 0.29) is 0 Å². The molecule has 0 aliphatic heterocycles. The van der Waals surface area contributed by atoms with Crippen LogP contribution in [0.2, 0.25) is 0 Å². The maximum Gasteiger partial charge on any atom is 0.249 e. The van der Waals surface area contributed by atoms with Crippen LogP contribution in [0.1, 0.15) is 226 Å². The van der Waals surface area contributed by atoms with Gasteiger partial charge in [0.25, 0.3) is 0 Å². The van der Waals surface area contributed by atoms with E-state index in [0.717, 1.165) is 38.5 Å². The molecule has 0 aromatic heterocycles. The van der Waals surface area contributed by atoms with Crippen LogP contribution in [0.3, 0.4) is 0 Å². The molecule has 0 aliphatic carbocycles. The van der Waals surface area contributed by atoms with Crippen molar-refractivity contribution in [1.82, 2.24) is 5.32 Å². The van der Waals surface area contributed by atoms with Crippen LogP contribution in [-0.4, -0.2) is 57.3 Å². The Morgan fingerprint density at radius 1 is 0.447 bits per heavy atom. The summed E-state index contributed by atoms with van der Waals surface area (Å²) in [6.45, 7) is 3.87. The lowest BCUT2D eigenvalue weighted by molar-refractivity contribution is -0.132. The lowest BCUT2D eigenvalue weighted by atomic mass is 10.00. The molecule has 0 aromatic rings. The number of rotatable bonds is 38. The molecule has 0 heterocycles. The second-order valence-corrected chi connectivity index (χ2v) is 14.7. The fourth-order valence-corrected chi connectivity index (χ4v) is 6.70. The standard InChI is InChI=1S/C41H83NO5/c1-3-5-7-8-9-10-11-12-13-14-15-16-17-18-19-20-21-22-23-24-25-26-27-28-29-30-31-33-35-39(45)41(47)42-37(36-43)40(46)38(44)34-32-6-4-2/h37-40,43-46H,3-36H2,1-2H3,(H,42,47). The Morgan fingerprint density at radius 2 is 0.723 bits per heavy atom. The second-order valence-electron chi connectivity index (χ2n) is 14.7. The van der Waals surface area contributed by atoms with Crippen molar-refractivity contribution >= 4 is 5.91 Å². The molecule has 6 nitrogen and oxygen atoms in total. The summed E-state index contributed by atoms with van der Waals surface area (Å²) in [4.78, 5) is 12.3. The lowest BCUT2D eigenvalue weighted by Gasteiger charge is -2.27. The van der Waals surface area contributed by atoms with E-state index in [2.05, 4.69) is 19.2 Å². The Morgan fingerprint density at radius 3 is 1.04 bits per heavy atom. The smallest absolute Gasteiger partial charge is 0.249 e. The van der Waals surface area contributed by atoms with Crippen molar-refractivity contribution < 1.29 is 25.2 Å². The predicted octanol–water partition coefficient (Wildman–Crippen LogP) is 10.5. The number of hydrogen-bond donors (Lipinski definition) is 5. The third-order valence-electron chi connectivity index (χ3n) is 10.1. The molecule has 0 saturated heterocycles. The molecule has 0 fully saturated rings. The average Bonchev–Trinajstić information content (AvgIpc) is 3.07. The van der Waals surface area contributed by atoms with Gasteiger partial charge in [-0.1, -0.05) is 213 Å². The zero-order valence-electron chi connectivity index (χ0n) is 31.5. The van der Waals surface area contributed by atoms with E-state index in [1.54, 1.807) is 0 Å². The van der Waals surface area contributed by atoms with Crippen molar-refractivity contribution in [2.24, 2.45) is 0 Å². The van der Waals surface area contributed by atoms with Crippen molar-refractivity contribution in [1.29, 1.82) is 0 Å². The number of carbonyl (C=O) groups excluding carboxylic acids is 1. The Balaban J connectivity index is 3.43. The maximum atomic E-state index is 12.3. The highest BCUT2D eigenvalue weighted by Crippen LogP contribution is 2.17. The minimum absolute atomic E-state index is 0.374. The minimum Gasteiger partial charge on any atom is -0.394 e. The van der Waals surface area contributed by atoms with Gasteiger partial charge in [-0.2, -0.15) is 0 Å². The molecule has 0 saturated carbocycles. The summed E-state index contributed by atoms with van der Waals surface area (Å²) in [6.07, 6.45) is 38.2. The molecule has 4 atom stereocenters. The largest absolute Gasteiger partial charge is 0.394 e. The third-order valence-corrected chi connectivity index (χ3v) is 10.1. The van der Waals surface area contributed by atoms with Gasteiger partial charge >= 0.3 is 0 Å². The molecule has 4 unspecified atom stereocenters. The summed E-state index contributed by atoms with van der Waals surface area (Å²) < 4.78 is 0. The predicted molar refractivity (Wildman–Crippen MR) is 201 cm³/mol. The van der Waals surface area contributed by atoms with Crippen LogP contribution in [0.25, 0.3) is 0 Å². The second kappa shape index (κ2) is 36.6. The van der Waals surface area contributed by atoms with E-state index in [1.165, 1.54) is 161 Å². The quantitative estimate of drug-likeness (QED) is 0.0420. The molecule has 0 radical (unpaired) electrons. The van der Waals surface area contributed by atoms with Gasteiger partial charge in [-0.15, -0.1) is 0 Å². The van der Waals surface area contributed by atoms with Gasteiger partial charge in [-0.3, -0.25) is 4.79 Å². The van der Waals surface area contributed by atoms with Crippen molar-refractivity contribution in [3.8, 4) is 0 Å². The Kier molecular flexibility index (Phi) is 36.0. The molecule has 0 bridgehead atoms. The topological polar surface area (TPSA) is 110 Å². The van der Waals surface area contributed by atoms with Crippen molar-refractivity contribution in [2.75, 3.05) is 6.61 Å². The zero-order valence-corrected chi connectivity index (χ0v) is 31.5. The molecule has 1 amide bonds. The highest BCUT2D eigenvalue weighted by Gasteiger charge is 2.28. The van der Waals surface area contributed by atoms with E-state index >= 15 is 0 Å². The Bertz CT molecular complexity index is 633. The number of nitrogens with one attached hydrogen (secondary N) is 1. The highest BCUT2D eigenvalue weighted by atomic mass is 16.3. The Labute approximate surface area is 292 Å². The first-order valence-corrected chi connectivity index (χ1v) is 20.9. The van der Waals surface area contributed by atoms with Crippen LogP contribution in [0.5, 0.6) is 0 Å². The fraction of sp³-hybridized carbons (Fsp3) is 0.976. The zero-order chi connectivity index (χ0) is 34.6. The number of unbranched alkanes of at least 4 members (excludes halogenated alkanes) is 29. The van der Waals surface area contributed by atoms with Gasteiger partial charge in [0, 0.05) is 0 Å². The van der Waals surface area contributed by atoms with Gasteiger partial charge in [0.05, 0.1) is 18.8 Å². The van der Waals surface area contributed by atoms with E-state index in [1.807, 2.05) is 0 Å². The molecule has 0 rings (SSSR count). The minimum atomic E-state index is -1.25. The van der Waals surface area contributed by atoms with Gasteiger partial charge in [0.2, 0.25) is 5.91 Å². The number of carbonyl (C=O) groups is 1. The lowest BCUT2D eigenvalue weighted by Crippen LogP contribution is -2.53. The van der Waals surface area contributed by atoms with Crippen molar-refractivity contribution in [2.45, 2.75) is 250 Å². The monoisotopic (exact) mass is 670 g/mol. The molecular formula is C41H83NO5. The molecule has 282 valence electrons. The molecule has 5 N–H and O–H groups in total. The first-order valence-electron chi connectivity index (χ1n) is 20.9. The summed E-state index contributed by atoms with van der Waals surface area (Å²) in [5.41, 5.74) is 0. The molecule has 0 spiro atoms. The van der Waals surface area contributed by atoms with Gasteiger partial charge in [0.15, 0.2) is 0 Å². The summed E-state index contributed by atoms with van der Waals surface area (Å²) in [5.74, 6) is -0.589. The number of hydrogen-bond acceptors (Lipinski definition) is 5. The summed E-state index contributed by atoms with van der Waals surface area (Å²) in [5, 5.41) is 42.7. The van der Waals surface area contributed by atoms with E-state index < -0.39 is 36.9 Å². The first-order chi connectivity index (χ1) is 23.0. The maximum absolute atomic E-state index is 12.3. The molecule has 0 aromatic carbocycles. The average molecular weight is 670 g/mol. The van der Waals surface area contributed by atoms with Crippen LogP contribution >= 0.6 is 0 Å². The summed E-state index contributed by atoms with van der Waals surface area (Å²) in [7, 11) is 0. The van der Waals surface area contributed by atoms with E-state index in [4.69, 9.17) is 0 Å². The SMILES string of the molecule is CCCCCCCCCCCCCCCCCCCCCCCCCCCCCCC(O)C(=O)NC(CO)C(O)C(O)CCCCC. The van der Waals surface area contributed by atoms with Gasteiger partial charge in [0.1, 0.15) is 12.2 Å². The fourth-order valence-electron chi connectivity index (χ4n) is 6.70. The van der Waals surface area contributed by atoms with Gasteiger partial charge in [-0.05, 0) is 12.8 Å². The van der Waals surface area contributed by atoms with Crippen LogP contribution in [-0.2, 0) is 4.79 Å². The number of aliphatic hydroxyl groups is 4. The van der Waals surface area contributed by atoms with Gasteiger partial charge < -0.3 is 25.7 Å².